The van der Waals surface area contributed by atoms with Crippen LogP contribution in [0.3, 0.4) is 0 Å². The molecule has 242 valence electrons. The third-order valence-corrected chi connectivity index (χ3v) is 8.36. The Balaban J connectivity index is 1.29. The highest BCUT2D eigenvalue weighted by atomic mass is 16.5. The van der Waals surface area contributed by atoms with Crippen LogP contribution in [0.5, 0.6) is 0 Å². The Morgan fingerprint density at radius 3 is 2.22 bits per heavy atom. The number of carbonyl (C=O) groups is 3. The Morgan fingerprint density at radius 2 is 1.56 bits per heavy atom. The summed E-state index contributed by atoms with van der Waals surface area (Å²) >= 11 is 0. The molecule has 1 heterocycles. The maximum absolute atomic E-state index is 13.3. The molecule has 2 unspecified atom stereocenters. The molecule has 1 fully saturated rings. The van der Waals surface area contributed by atoms with Crippen molar-refractivity contribution in [3.63, 3.8) is 0 Å². The van der Waals surface area contributed by atoms with Gasteiger partial charge in [0.05, 0.1) is 17.9 Å². The fourth-order valence-electron chi connectivity index (χ4n) is 5.73. The molecule has 2 atom stereocenters. The number of benzene rings is 2. The summed E-state index contributed by atoms with van der Waals surface area (Å²) in [5.41, 5.74) is 2.69. The number of aromatic nitrogens is 2. The van der Waals surface area contributed by atoms with E-state index >= 15 is 0 Å². The van der Waals surface area contributed by atoms with E-state index in [4.69, 9.17) is 9.47 Å². The van der Waals surface area contributed by atoms with E-state index in [0.717, 1.165) is 42.5 Å². The van der Waals surface area contributed by atoms with E-state index in [9.17, 15) is 14.4 Å². The molecular weight excluding hydrogens is 568 g/mol. The van der Waals surface area contributed by atoms with Gasteiger partial charge in [0.25, 0.3) is 0 Å². The maximum atomic E-state index is 13.3. The number of rotatable bonds is 17. The lowest BCUT2D eigenvalue weighted by molar-refractivity contribution is -0.150. The molecule has 9 nitrogen and oxygen atoms in total. The third kappa shape index (κ3) is 11.7. The molecule has 2 aromatic carbocycles. The van der Waals surface area contributed by atoms with Gasteiger partial charge < -0.3 is 24.7 Å². The van der Waals surface area contributed by atoms with Gasteiger partial charge in [-0.3, -0.25) is 9.59 Å². The van der Waals surface area contributed by atoms with E-state index in [0.29, 0.717) is 38.3 Å². The molecule has 0 radical (unpaired) electrons. The number of nitrogens with one attached hydrogen (secondary N) is 2. The molecule has 2 amide bonds. The average molecular weight is 617 g/mol. The van der Waals surface area contributed by atoms with Crippen LogP contribution in [-0.2, 0) is 38.7 Å². The summed E-state index contributed by atoms with van der Waals surface area (Å²) in [6.07, 6.45) is 13.3. The monoisotopic (exact) mass is 616 g/mol. The summed E-state index contributed by atoms with van der Waals surface area (Å²) in [5, 5.41) is 5.68. The first-order chi connectivity index (χ1) is 22.0. The lowest BCUT2D eigenvalue weighted by atomic mass is 9.95. The van der Waals surface area contributed by atoms with Gasteiger partial charge in [-0.25, -0.2) is 9.78 Å². The predicted octanol–water partition coefficient (Wildman–Crippen LogP) is 6.67. The molecule has 1 saturated carbocycles. The summed E-state index contributed by atoms with van der Waals surface area (Å²) in [6.45, 7) is 2.77. The second-order valence-electron chi connectivity index (χ2n) is 11.9. The second-order valence-corrected chi connectivity index (χ2v) is 11.9. The van der Waals surface area contributed by atoms with Gasteiger partial charge in [-0.2, -0.15) is 0 Å². The molecule has 0 bridgehead atoms. The number of hydrogen-bond donors (Lipinski definition) is 2. The van der Waals surface area contributed by atoms with Crippen LogP contribution >= 0.6 is 0 Å². The normalized spacial score (nSPS) is 14.7. The fraction of sp³-hybridized carbons (Fsp3) is 0.500. The van der Waals surface area contributed by atoms with Gasteiger partial charge in [-0.15, -0.1) is 0 Å². The number of carbonyl (C=O) groups excluding carboxylic acids is 3. The van der Waals surface area contributed by atoms with Crippen LogP contribution in [0.4, 0.5) is 4.79 Å². The number of alkyl carbamates (subject to hydrolysis) is 1. The van der Waals surface area contributed by atoms with Crippen molar-refractivity contribution in [2.45, 2.75) is 103 Å². The van der Waals surface area contributed by atoms with E-state index in [-0.39, 0.29) is 31.0 Å². The van der Waals surface area contributed by atoms with Gasteiger partial charge in [0.1, 0.15) is 19.3 Å². The van der Waals surface area contributed by atoms with Gasteiger partial charge in [-0.1, -0.05) is 99.7 Å². The number of unbranched alkanes of at least 4 members (excludes halogenated alkanes) is 1. The first kappa shape index (κ1) is 33.7. The van der Waals surface area contributed by atoms with Crippen molar-refractivity contribution in [3.8, 4) is 0 Å². The lowest BCUT2D eigenvalue weighted by Crippen LogP contribution is -2.47. The van der Waals surface area contributed by atoms with Crippen LogP contribution in [0.2, 0.25) is 0 Å². The zero-order chi connectivity index (χ0) is 31.7. The summed E-state index contributed by atoms with van der Waals surface area (Å²) in [5.74, 6) is -0.905. The maximum Gasteiger partial charge on any atom is 0.408 e. The molecular formula is C36H48N4O5. The predicted molar refractivity (Wildman–Crippen MR) is 173 cm³/mol. The molecule has 9 heteroatoms. The number of hydrogen-bond acceptors (Lipinski definition) is 6. The second kappa shape index (κ2) is 18.6. The van der Waals surface area contributed by atoms with Crippen molar-refractivity contribution < 1.29 is 23.9 Å². The van der Waals surface area contributed by atoms with E-state index < -0.39 is 12.1 Å². The van der Waals surface area contributed by atoms with Gasteiger partial charge in [-0.05, 0) is 43.2 Å². The molecule has 0 saturated heterocycles. The molecule has 2 N–H and O–H groups in total. The summed E-state index contributed by atoms with van der Waals surface area (Å²) in [7, 11) is 0. The Kier molecular flexibility index (Phi) is 14.0. The Labute approximate surface area is 267 Å². The van der Waals surface area contributed by atoms with Crippen LogP contribution in [0, 0.1) is 5.92 Å². The van der Waals surface area contributed by atoms with Crippen molar-refractivity contribution in [1.29, 1.82) is 0 Å². The average Bonchev–Trinajstić information content (AvgIpc) is 3.56. The lowest BCUT2D eigenvalue weighted by Gasteiger charge is -2.22. The minimum atomic E-state index is -0.691. The largest absolute Gasteiger partial charge is 0.461 e. The smallest absolute Gasteiger partial charge is 0.408 e. The van der Waals surface area contributed by atoms with Crippen LogP contribution < -0.4 is 10.6 Å². The van der Waals surface area contributed by atoms with Crippen LogP contribution in [0.25, 0.3) is 0 Å². The number of ether oxygens (including phenoxy) is 2. The standard InChI is InChI=1S/C36H48N4O5/c1-2-3-21-33(39-36(43)45-26-29-16-9-5-10-17-29)34(41)37-22-13-18-30(35(42)44-25-28-14-7-4-8-15-28)23-31-24-40(27-38-31)32-19-11-6-12-20-32/h4-5,7-10,14-17,24,27,30,32-33H,2-3,6,11-13,18-23,25-26H2,1H3,(H,37,41)(H,39,43). The van der Waals surface area contributed by atoms with Gasteiger partial charge in [0.2, 0.25) is 5.91 Å². The zero-order valence-corrected chi connectivity index (χ0v) is 26.5. The Morgan fingerprint density at radius 1 is 0.889 bits per heavy atom. The fourth-order valence-corrected chi connectivity index (χ4v) is 5.73. The molecule has 0 aliphatic heterocycles. The van der Waals surface area contributed by atoms with E-state index in [1.807, 2.05) is 73.9 Å². The molecule has 45 heavy (non-hydrogen) atoms. The van der Waals surface area contributed by atoms with Gasteiger partial charge in [0.15, 0.2) is 0 Å². The number of amides is 2. The number of esters is 1. The van der Waals surface area contributed by atoms with Crippen molar-refractivity contribution in [3.05, 3.63) is 90.0 Å². The highest BCUT2D eigenvalue weighted by Gasteiger charge is 2.24. The zero-order valence-electron chi connectivity index (χ0n) is 26.5. The number of nitrogens with zero attached hydrogens (tertiary/aromatic N) is 2. The minimum Gasteiger partial charge on any atom is -0.461 e. The van der Waals surface area contributed by atoms with Crippen molar-refractivity contribution in [2.24, 2.45) is 5.92 Å². The van der Waals surface area contributed by atoms with Crippen molar-refractivity contribution >= 4 is 18.0 Å². The highest BCUT2D eigenvalue weighted by Crippen LogP contribution is 2.28. The van der Waals surface area contributed by atoms with Crippen molar-refractivity contribution in [1.82, 2.24) is 20.2 Å². The molecule has 1 aliphatic rings. The molecule has 4 rings (SSSR count). The summed E-state index contributed by atoms with van der Waals surface area (Å²) in [4.78, 5) is 43.4. The summed E-state index contributed by atoms with van der Waals surface area (Å²) < 4.78 is 13.3. The first-order valence-corrected chi connectivity index (χ1v) is 16.5. The SMILES string of the molecule is CCCCC(NC(=O)OCc1ccccc1)C(=O)NCCCC(Cc1cn(C2CCCCC2)cn1)C(=O)OCc1ccccc1. The molecule has 1 aromatic heterocycles. The topological polar surface area (TPSA) is 112 Å². The molecule has 3 aromatic rings. The Hall–Kier alpha value is -4.14. The first-order valence-electron chi connectivity index (χ1n) is 16.5. The third-order valence-electron chi connectivity index (χ3n) is 8.36. The van der Waals surface area contributed by atoms with Crippen molar-refractivity contribution in [2.75, 3.05) is 6.54 Å². The quantitative estimate of drug-likeness (QED) is 0.129. The van der Waals surface area contributed by atoms with E-state index in [1.54, 1.807) is 0 Å². The van der Waals surface area contributed by atoms with Crippen LogP contribution in [0.15, 0.2) is 73.2 Å². The summed E-state index contributed by atoms with van der Waals surface area (Å²) in [6, 6.07) is 18.8. The molecule has 0 spiro atoms. The minimum absolute atomic E-state index is 0.134. The molecule has 1 aliphatic carbocycles. The van der Waals surface area contributed by atoms with Crippen LogP contribution in [-0.4, -0.2) is 40.1 Å². The van der Waals surface area contributed by atoms with E-state index in [1.165, 1.54) is 19.3 Å². The number of imidazole rings is 1. The van der Waals surface area contributed by atoms with Gasteiger partial charge >= 0.3 is 12.1 Å². The Bertz CT molecular complexity index is 1310. The van der Waals surface area contributed by atoms with Crippen LogP contribution in [0.1, 0.15) is 94.0 Å². The highest BCUT2D eigenvalue weighted by molar-refractivity contribution is 5.85. The van der Waals surface area contributed by atoms with Gasteiger partial charge in [0, 0.05) is 25.2 Å². The van der Waals surface area contributed by atoms with E-state index in [2.05, 4.69) is 26.4 Å².